The summed E-state index contributed by atoms with van der Waals surface area (Å²) in [6, 6.07) is 18.6. The van der Waals surface area contributed by atoms with Gasteiger partial charge in [0.25, 0.3) is 0 Å². The summed E-state index contributed by atoms with van der Waals surface area (Å²) >= 11 is 0. The molecule has 3 aromatic carbocycles. The van der Waals surface area contributed by atoms with Crippen molar-refractivity contribution in [3.63, 3.8) is 0 Å². The highest BCUT2D eigenvalue weighted by molar-refractivity contribution is 5.70. The van der Waals surface area contributed by atoms with Gasteiger partial charge < -0.3 is 14.6 Å². The van der Waals surface area contributed by atoms with Gasteiger partial charge in [0.15, 0.2) is 0 Å². The number of carbonyl (C=O) groups is 1. The zero-order valence-electron chi connectivity index (χ0n) is 22.5. The Morgan fingerprint density at radius 1 is 1.11 bits per heavy atom. The second-order valence-electron chi connectivity index (χ2n) is 11.0. The van der Waals surface area contributed by atoms with Crippen LogP contribution in [0.1, 0.15) is 62.1 Å². The van der Waals surface area contributed by atoms with E-state index >= 15 is 0 Å². The number of carboxylic acid groups (broad SMARTS) is 1. The van der Waals surface area contributed by atoms with Crippen molar-refractivity contribution in [2.24, 2.45) is 11.3 Å². The quantitative estimate of drug-likeness (QED) is 0.233. The lowest BCUT2D eigenvalue weighted by molar-refractivity contribution is -0.137. The van der Waals surface area contributed by atoms with Gasteiger partial charge in [0.05, 0.1) is 13.5 Å². The summed E-state index contributed by atoms with van der Waals surface area (Å²) < 4.78 is 26.4. The first-order valence-corrected chi connectivity index (χ1v) is 13.2. The van der Waals surface area contributed by atoms with Crippen molar-refractivity contribution >= 4 is 5.97 Å². The third kappa shape index (κ3) is 7.25. The first-order valence-electron chi connectivity index (χ1n) is 13.2. The van der Waals surface area contributed by atoms with Gasteiger partial charge in [-0.15, -0.1) is 6.58 Å². The molecule has 4 nitrogen and oxygen atoms in total. The van der Waals surface area contributed by atoms with Gasteiger partial charge in [0, 0.05) is 5.56 Å². The first kappa shape index (κ1) is 27.4. The lowest BCUT2D eigenvalue weighted by Crippen LogP contribution is -2.12. The molecule has 0 spiro atoms. The molecule has 3 aromatic rings. The Hall–Kier alpha value is -3.60. The minimum atomic E-state index is -0.774. The minimum Gasteiger partial charge on any atom is -0.497 e. The average Bonchev–Trinajstić information content (AvgIpc) is 3.72. The minimum absolute atomic E-state index is 0.00617. The first-order chi connectivity index (χ1) is 18.2. The molecule has 0 heterocycles. The monoisotopic (exact) mass is 516 g/mol. The van der Waals surface area contributed by atoms with Crippen molar-refractivity contribution in [1.82, 2.24) is 0 Å². The lowest BCUT2D eigenvalue weighted by atomic mass is 9.82. The van der Waals surface area contributed by atoms with Crippen LogP contribution in [0.15, 0.2) is 73.3 Å². The van der Waals surface area contributed by atoms with Gasteiger partial charge in [0.1, 0.15) is 23.9 Å². The Kier molecular flexibility index (Phi) is 8.55. The van der Waals surface area contributed by atoms with Gasteiger partial charge in [-0.25, -0.2) is 4.39 Å². The summed E-state index contributed by atoms with van der Waals surface area (Å²) in [5.74, 6) is 0.870. The Morgan fingerprint density at radius 2 is 1.89 bits per heavy atom. The second kappa shape index (κ2) is 11.8. The maximum absolute atomic E-state index is 14.9. The molecule has 0 amide bonds. The SMILES string of the molecule is C=CC(C)(C)Cc1cc(COc2cccc(C(CC(=O)O)CC3CC3)c2)ccc1-c1cc(OC)ccc1F. The maximum atomic E-state index is 14.9. The van der Waals surface area contributed by atoms with E-state index in [0.29, 0.717) is 36.0 Å². The van der Waals surface area contributed by atoms with Crippen molar-refractivity contribution in [2.75, 3.05) is 7.11 Å². The second-order valence-corrected chi connectivity index (χ2v) is 11.0. The summed E-state index contributed by atoms with van der Waals surface area (Å²) in [5.41, 5.74) is 4.12. The molecule has 4 rings (SSSR count). The maximum Gasteiger partial charge on any atom is 0.303 e. The molecule has 1 N–H and O–H groups in total. The molecule has 0 radical (unpaired) electrons. The number of aliphatic carboxylic acids is 1. The topological polar surface area (TPSA) is 55.8 Å². The molecule has 5 heteroatoms. The molecular weight excluding hydrogens is 479 g/mol. The molecule has 0 aromatic heterocycles. The molecule has 1 saturated carbocycles. The van der Waals surface area contributed by atoms with Crippen molar-refractivity contribution in [3.8, 4) is 22.6 Å². The van der Waals surface area contributed by atoms with Crippen LogP contribution in [0.4, 0.5) is 4.39 Å². The predicted octanol–water partition coefficient (Wildman–Crippen LogP) is 8.19. The van der Waals surface area contributed by atoms with E-state index in [1.807, 2.05) is 42.5 Å². The standard InChI is InChI=1S/C33H37FO4/c1-5-33(2,3)20-26-16-23(11-13-29(26)30-19-27(37-4)12-14-31(30)34)21-38-28-8-6-7-24(17-28)25(18-32(35)36)15-22-9-10-22/h5-8,11-14,16-17,19,22,25H,1,9-10,15,18,20-21H2,2-4H3,(H,35,36). The summed E-state index contributed by atoms with van der Waals surface area (Å²) in [6.07, 6.45) is 6.01. The van der Waals surface area contributed by atoms with E-state index in [1.54, 1.807) is 19.2 Å². The highest BCUT2D eigenvalue weighted by Crippen LogP contribution is 2.40. The molecular formula is C33H37FO4. The van der Waals surface area contributed by atoms with Gasteiger partial charge in [-0.05, 0) is 82.7 Å². The van der Waals surface area contributed by atoms with Gasteiger partial charge in [-0.3, -0.25) is 4.79 Å². The van der Waals surface area contributed by atoms with Crippen LogP contribution in [0.3, 0.4) is 0 Å². The van der Waals surface area contributed by atoms with Crippen LogP contribution in [0, 0.1) is 17.2 Å². The van der Waals surface area contributed by atoms with Crippen LogP contribution in [0.2, 0.25) is 0 Å². The van der Waals surface area contributed by atoms with Crippen molar-refractivity contribution in [1.29, 1.82) is 0 Å². The van der Waals surface area contributed by atoms with Gasteiger partial charge in [-0.2, -0.15) is 0 Å². The van der Waals surface area contributed by atoms with Gasteiger partial charge >= 0.3 is 5.97 Å². The third-order valence-corrected chi connectivity index (χ3v) is 7.30. The Morgan fingerprint density at radius 3 is 2.58 bits per heavy atom. The zero-order valence-corrected chi connectivity index (χ0v) is 22.5. The van der Waals surface area contributed by atoms with E-state index in [0.717, 1.165) is 28.7 Å². The highest BCUT2D eigenvalue weighted by Gasteiger charge is 2.28. The van der Waals surface area contributed by atoms with Crippen LogP contribution in [-0.4, -0.2) is 18.2 Å². The average molecular weight is 517 g/mol. The largest absolute Gasteiger partial charge is 0.497 e. The van der Waals surface area contributed by atoms with Crippen molar-refractivity contribution < 1.29 is 23.8 Å². The lowest BCUT2D eigenvalue weighted by Gasteiger charge is -2.23. The number of methoxy groups -OCH3 is 1. The number of allylic oxidation sites excluding steroid dienone is 1. The number of hydrogen-bond donors (Lipinski definition) is 1. The molecule has 1 fully saturated rings. The number of hydrogen-bond acceptors (Lipinski definition) is 3. The predicted molar refractivity (Wildman–Crippen MR) is 149 cm³/mol. The third-order valence-electron chi connectivity index (χ3n) is 7.30. The van der Waals surface area contributed by atoms with Crippen LogP contribution in [-0.2, 0) is 17.8 Å². The smallest absolute Gasteiger partial charge is 0.303 e. The normalized spacial score (nSPS) is 14.1. The van der Waals surface area contributed by atoms with Crippen LogP contribution in [0.5, 0.6) is 11.5 Å². The molecule has 1 unspecified atom stereocenters. The summed E-state index contributed by atoms with van der Waals surface area (Å²) in [5, 5.41) is 9.41. The molecule has 1 atom stereocenters. The Balaban J connectivity index is 1.58. The summed E-state index contributed by atoms with van der Waals surface area (Å²) in [4.78, 5) is 11.5. The fourth-order valence-corrected chi connectivity index (χ4v) is 4.88. The fourth-order valence-electron chi connectivity index (χ4n) is 4.88. The number of halogens is 1. The van der Waals surface area contributed by atoms with Crippen molar-refractivity contribution in [3.05, 3.63) is 95.8 Å². The Bertz CT molecular complexity index is 1290. The molecule has 38 heavy (non-hydrogen) atoms. The Labute approximate surface area is 225 Å². The highest BCUT2D eigenvalue weighted by atomic mass is 19.1. The summed E-state index contributed by atoms with van der Waals surface area (Å²) in [6.45, 7) is 8.54. The van der Waals surface area contributed by atoms with Crippen molar-refractivity contribution in [2.45, 2.75) is 58.5 Å². The van der Waals surface area contributed by atoms with Gasteiger partial charge in [0.2, 0.25) is 0 Å². The van der Waals surface area contributed by atoms with E-state index in [2.05, 4.69) is 26.5 Å². The number of carboxylic acids is 1. The molecule has 1 aliphatic rings. The van der Waals surface area contributed by atoms with E-state index in [1.165, 1.54) is 18.9 Å². The van der Waals surface area contributed by atoms with Crippen LogP contribution >= 0.6 is 0 Å². The summed E-state index contributed by atoms with van der Waals surface area (Å²) in [7, 11) is 1.57. The zero-order chi connectivity index (χ0) is 27.3. The van der Waals surface area contributed by atoms with E-state index < -0.39 is 5.97 Å². The number of rotatable bonds is 13. The fraction of sp³-hybridized carbons (Fsp3) is 0.364. The van der Waals surface area contributed by atoms with Crippen LogP contribution < -0.4 is 9.47 Å². The van der Waals surface area contributed by atoms with E-state index in [-0.39, 0.29) is 23.6 Å². The van der Waals surface area contributed by atoms with Gasteiger partial charge in [-0.1, -0.05) is 63.1 Å². The van der Waals surface area contributed by atoms with Crippen LogP contribution in [0.25, 0.3) is 11.1 Å². The molecule has 200 valence electrons. The van der Waals surface area contributed by atoms with E-state index in [4.69, 9.17) is 9.47 Å². The number of benzene rings is 3. The molecule has 0 aliphatic heterocycles. The number of ether oxygens (including phenoxy) is 2. The molecule has 1 aliphatic carbocycles. The molecule has 0 bridgehead atoms. The molecule has 0 saturated heterocycles. The van der Waals surface area contributed by atoms with E-state index in [9.17, 15) is 14.3 Å².